The number of pyridine rings is 1. The Labute approximate surface area is 154 Å². The van der Waals surface area contributed by atoms with Gasteiger partial charge in [0.1, 0.15) is 5.69 Å². The van der Waals surface area contributed by atoms with E-state index in [9.17, 15) is 9.59 Å². The molecule has 18 heavy (non-hydrogen) atoms. The molecule has 5 nitrogen and oxygen atoms in total. The molecule has 3 N–H and O–H groups in total. The van der Waals surface area contributed by atoms with E-state index in [0.29, 0.717) is 10.5 Å². The molecule has 0 unspecified atom stereocenters. The van der Waals surface area contributed by atoms with Crippen LogP contribution in [-0.4, -0.2) is 67.5 Å². The number of halogens is 2. The van der Waals surface area contributed by atoms with Crippen molar-refractivity contribution in [1.82, 2.24) is 10.5 Å². The number of amides is 1. The molecule has 0 fully saturated rings. The molecule has 1 aromatic carbocycles. The minimum absolute atomic E-state index is 0. The van der Waals surface area contributed by atoms with Crippen LogP contribution in [0.25, 0.3) is 10.9 Å². The Morgan fingerprint density at radius 3 is 2.56 bits per heavy atom. The number of nitrogens with one attached hydrogen (secondary N) is 2. The average molecular weight is 312 g/mol. The predicted octanol–water partition coefficient (Wildman–Crippen LogP) is 1.57. The van der Waals surface area contributed by atoms with Crippen LogP contribution in [0, 0.1) is 0 Å². The number of carbonyl (C=O) groups is 1. The number of fused-ring (bicyclic) bond motifs is 1. The minimum Gasteiger partial charge on any atom is -0.350 e. The molecule has 2 rings (SSSR count). The molecule has 0 saturated carbocycles. The van der Waals surface area contributed by atoms with Crippen LogP contribution < -0.4 is 10.9 Å². The fourth-order valence-electron chi connectivity index (χ4n) is 1.49. The molecule has 0 atom stereocenters. The molecule has 0 saturated heterocycles. The molecular weight excluding hydrogens is 306 g/mol. The fraction of sp³-hybridized carbons (Fsp3) is 0. The van der Waals surface area contributed by atoms with E-state index in [1.165, 1.54) is 17.6 Å². The summed E-state index contributed by atoms with van der Waals surface area (Å²) in [5.41, 5.74) is 1.24. The second-order valence-corrected chi connectivity index (χ2v) is 4.14. The van der Waals surface area contributed by atoms with Crippen molar-refractivity contribution in [3.05, 3.63) is 44.2 Å². The number of aromatic amines is 1. The molecule has 2 aromatic rings. The number of rotatable bonds is 1. The maximum atomic E-state index is 11.7. The number of hydroxylamine groups is 1. The van der Waals surface area contributed by atoms with E-state index < -0.39 is 11.3 Å². The SMILES string of the molecule is O=C(NO)c1cc(=O)c2c(Cl)cc(Cl)cc2[nH]1.[K]. The van der Waals surface area contributed by atoms with Gasteiger partial charge in [0.05, 0.1) is 15.9 Å². The van der Waals surface area contributed by atoms with Crippen LogP contribution in [-0.2, 0) is 0 Å². The Hall–Kier alpha value is 0.0764. The van der Waals surface area contributed by atoms with Crippen LogP contribution in [0.4, 0.5) is 0 Å². The summed E-state index contributed by atoms with van der Waals surface area (Å²) >= 11 is 11.7. The van der Waals surface area contributed by atoms with Crippen molar-refractivity contribution in [3.63, 3.8) is 0 Å². The summed E-state index contributed by atoms with van der Waals surface area (Å²) in [4.78, 5) is 25.6. The van der Waals surface area contributed by atoms with Gasteiger partial charge in [0.15, 0.2) is 5.43 Å². The second-order valence-electron chi connectivity index (χ2n) is 3.30. The summed E-state index contributed by atoms with van der Waals surface area (Å²) in [6.07, 6.45) is 0. The first-order chi connectivity index (χ1) is 8.02. The van der Waals surface area contributed by atoms with Crippen molar-refractivity contribution in [3.8, 4) is 0 Å². The van der Waals surface area contributed by atoms with Crippen LogP contribution in [0.5, 0.6) is 0 Å². The molecule has 0 spiro atoms. The normalized spacial score (nSPS) is 9.94. The number of aromatic nitrogens is 1. The minimum atomic E-state index is -0.819. The zero-order chi connectivity index (χ0) is 12.6. The molecule has 0 aliphatic carbocycles. The molecule has 1 aromatic heterocycles. The molecule has 1 amide bonds. The predicted molar refractivity (Wildman–Crippen MR) is 69.6 cm³/mol. The molecular formula is C10H6Cl2KN2O3. The van der Waals surface area contributed by atoms with Crippen LogP contribution in [0.15, 0.2) is 23.0 Å². The first-order valence-electron chi connectivity index (χ1n) is 4.49. The largest absolute Gasteiger partial charge is 0.350 e. The first kappa shape index (κ1) is 16.1. The Morgan fingerprint density at radius 1 is 1.28 bits per heavy atom. The van der Waals surface area contributed by atoms with Gasteiger partial charge in [0.2, 0.25) is 0 Å². The van der Waals surface area contributed by atoms with Crippen molar-refractivity contribution in [2.75, 3.05) is 0 Å². The molecule has 1 heterocycles. The third-order valence-corrected chi connectivity index (χ3v) is 2.71. The van der Waals surface area contributed by atoms with E-state index in [4.69, 9.17) is 28.4 Å². The number of hydrogen-bond donors (Lipinski definition) is 3. The van der Waals surface area contributed by atoms with E-state index in [1.54, 1.807) is 0 Å². The third-order valence-electron chi connectivity index (χ3n) is 2.19. The summed E-state index contributed by atoms with van der Waals surface area (Å²) in [5, 5.41) is 9.26. The zero-order valence-corrected chi connectivity index (χ0v) is 13.9. The number of H-pyrrole nitrogens is 1. The summed E-state index contributed by atoms with van der Waals surface area (Å²) in [7, 11) is 0. The van der Waals surface area contributed by atoms with Crippen LogP contribution in [0.2, 0.25) is 10.0 Å². The molecule has 1 radical (unpaired) electrons. The van der Waals surface area contributed by atoms with E-state index in [2.05, 4.69) is 4.98 Å². The van der Waals surface area contributed by atoms with Crippen molar-refractivity contribution in [2.24, 2.45) is 0 Å². The molecule has 0 aliphatic rings. The summed E-state index contributed by atoms with van der Waals surface area (Å²) in [5.74, 6) is -0.819. The summed E-state index contributed by atoms with van der Waals surface area (Å²) in [6.45, 7) is 0. The topological polar surface area (TPSA) is 82.2 Å². The third kappa shape index (κ3) is 3.15. The average Bonchev–Trinajstić information content (AvgIpc) is 2.26. The van der Waals surface area contributed by atoms with E-state index >= 15 is 0 Å². The van der Waals surface area contributed by atoms with Crippen LogP contribution >= 0.6 is 23.2 Å². The maximum Gasteiger partial charge on any atom is 0.291 e. The molecule has 8 heteroatoms. The zero-order valence-electron chi connectivity index (χ0n) is 9.25. The van der Waals surface area contributed by atoms with E-state index in [-0.39, 0.29) is 67.5 Å². The number of carbonyl (C=O) groups excluding carboxylic acids is 1. The number of hydrogen-bond acceptors (Lipinski definition) is 3. The van der Waals surface area contributed by atoms with Gasteiger partial charge < -0.3 is 4.98 Å². The maximum absolute atomic E-state index is 11.7. The van der Waals surface area contributed by atoms with E-state index in [0.717, 1.165) is 6.07 Å². The number of benzene rings is 1. The Kier molecular flexibility index (Phi) is 5.82. The standard InChI is InChI=1S/C10H6Cl2N2O3.K/c11-4-1-5(12)9-6(2-4)13-7(3-8(9)15)10(16)14-17;/h1-3,17H,(H,13,15)(H,14,16);. The van der Waals surface area contributed by atoms with Crippen molar-refractivity contribution < 1.29 is 10.0 Å². The van der Waals surface area contributed by atoms with E-state index in [1.807, 2.05) is 0 Å². The summed E-state index contributed by atoms with van der Waals surface area (Å²) in [6, 6.07) is 3.96. The quantitative estimate of drug-likeness (QED) is 0.425. The van der Waals surface area contributed by atoms with Gasteiger partial charge in [-0.05, 0) is 12.1 Å². The van der Waals surface area contributed by atoms with Crippen molar-refractivity contribution in [2.45, 2.75) is 0 Å². The van der Waals surface area contributed by atoms with Crippen LogP contribution in [0.1, 0.15) is 10.5 Å². The van der Waals surface area contributed by atoms with Gasteiger partial charge >= 0.3 is 0 Å². The van der Waals surface area contributed by atoms with Gasteiger partial charge in [-0.3, -0.25) is 14.8 Å². The molecule has 0 aliphatic heterocycles. The monoisotopic (exact) mass is 311 g/mol. The Morgan fingerprint density at radius 2 is 1.94 bits per heavy atom. The summed E-state index contributed by atoms with van der Waals surface area (Å²) < 4.78 is 0. The van der Waals surface area contributed by atoms with Gasteiger partial charge in [0, 0.05) is 62.5 Å². The van der Waals surface area contributed by atoms with Gasteiger partial charge in [-0.1, -0.05) is 23.2 Å². The fourth-order valence-corrected chi connectivity index (χ4v) is 2.08. The van der Waals surface area contributed by atoms with Crippen molar-refractivity contribution in [1.29, 1.82) is 0 Å². The van der Waals surface area contributed by atoms with Gasteiger partial charge in [-0.25, -0.2) is 5.48 Å². The van der Waals surface area contributed by atoms with Gasteiger partial charge in [-0.2, -0.15) is 0 Å². The molecule has 0 bridgehead atoms. The second kappa shape index (κ2) is 6.49. The van der Waals surface area contributed by atoms with Crippen LogP contribution in [0.3, 0.4) is 0 Å². The van der Waals surface area contributed by atoms with Gasteiger partial charge in [0.25, 0.3) is 5.91 Å². The Balaban J connectivity index is 0.00000162. The van der Waals surface area contributed by atoms with Gasteiger partial charge in [-0.15, -0.1) is 0 Å². The molecule has 89 valence electrons. The first-order valence-corrected chi connectivity index (χ1v) is 5.25. The Bertz CT molecular complexity index is 672. The smallest absolute Gasteiger partial charge is 0.291 e. The van der Waals surface area contributed by atoms with Crippen molar-refractivity contribution >= 4 is 91.4 Å².